The molecule has 102 valence electrons. The minimum atomic E-state index is 0.346. The first-order valence-corrected chi connectivity index (χ1v) is 7.66. The molecule has 0 saturated carbocycles. The summed E-state index contributed by atoms with van der Waals surface area (Å²) < 4.78 is 5.77. The van der Waals surface area contributed by atoms with Crippen LogP contribution in [0.4, 0.5) is 0 Å². The second-order valence-electron chi connectivity index (χ2n) is 4.42. The van der Waals surface area contributed by atoms with Crippen molar-refractivity contribution in [3.63, 3.8) is 0 Å². The number of rotatable bonds is 7. The van der Waals surface area contributed by atoms with Crippen LogP contribution in [0.2, 0.25) is 5.02 Å². The van der Waals surface area contributed by atoms with Crippen molar-refractivity contribution in [1.29, 1.82) is 0 Å². The summed E-state index contributed by atoms with van der Waals surface area (Å²) in [4.78, 5) is 0. The zero-order chi connectivity index (χ0) is 13.5. The Hall–Kier alpha value is -1.03. The van der Waals surface area contributed by atoms with Gasteiger partial charge < -0.3 is 10.1 Å². The lowest BCUT2D eigenvalue weighted by Crippen LogP contribution is -2.32. The predicted molar refractivity (Wildman–Crippen MR) is 82.4 cm³/mol. The van der Waals surface area contributed by atoms with E-state index in [-0.39, 0.29) is 0 Å². The summed E-state index contributed by atoms with van der Waals surface area (Å²) in [5.41, 5.74) is 1.40. The summed E-state index contributed by atoms with van der Waals surface area (Å²) in [5, 5.41) is 8.32. The van der Waals surface area contributed by atoms with Crippen LogP contribution in [-0.4, -0.2) is 19.7 Å². The topological polar surface area (TPSA) is 21.3 Å². The molecule has 2 nitrogen and oxygen atoms in total. The van der Waals surface area contributed by atoms with E-state index in [4.69, 9.17) is 16.3 Å². The van der Waals surface area contributed by atoms with Crippen LogP contribution >= 0.6 is 22.9 Å². The van der Waals surface area contributed by atoms with Gasteiger partial charge in [0.15, 0.2) is 0 Å². The zero-order valence-corrected chi connectivity index (χ0v) is 12.5. The first-order valence-electron chi connectivity index (χ1n) is 6.34. The summed E-state index contributed by atoms with van der Waals surface area (Å²) in [5.74, 6) is 0.822. The Morgan fingerprint density at radius 3 is 2.95 bits per heavy atom. The third kappa shape index (κ3) is 4.86. The van der Waals surface area contributed by atoms with Crippen LogP contribution in [0.1, 0.15) is 12.0 Å². The Morgan fingerprint density at radius 1 is 1.37 bits per heavy atom. The summed E-state index contributed by atoms with van der Waals surface area (Å²) in [6, 6.07) is 10.0. The lowest BCUT2D eigenvalue weighted by atomic mass is 10.1. The lowest BCUT2D eigenvalue weighted by Gasteiger charge is -2.16. The number of aryl methyl sites for hydroxylation is 1. The quantitative estimate of drug-likeness (QED) is 0.833. The third-order valence-electron chi connectivity index (χ3n) is 3.02. The van der Waals surface area contributed by atoms with Crippen LogP contribution in [-0.2, 0) is 6.42 Å². The standard InChI is InChI=1S/C15H18ClNOS/c1-17-14(6-5-12-7-8-19-11-12)10-18-15-4-2-3-13(16)9-15/h2-4,7-9,11,14,17H,5-6,10H2,1H3. The van der Waals surface area contributed by atoms with Crippen molar-refractivity contribution in [2.75, 3.05) is 13.7 Å². The SMILES string of the molecule is CNC(CCc1ccsc1)COc1cccc(Cl)c1. The van der Waals surface area contributed by atoms with Crippen molar-refractivity contribution in [3.05, 3.63) is 51.7 Å². The second-order valence-corrected chi connectivity index (χ2v) is 5.64. The van der Waals surface area contributed by atoms with Gasteiger partial charge in [0.05, 0.1) is 0 Å². The first kappa shape index (κ1) is 14.4. The van der Waals surface area contributed by atoms with Gasteiger partial charge in [-0.3, -0.25) is 0 Å². The highest BCUT2D eigenvalue weighted by atomic mass is 35.5. The van der Waals surface area contributed by atoms with Crippen molar-refractivity contribution in [1.82, 2.24) is 5.32 Å². The molecule has 0 spiro atoms. The molecule has 0 bridgehead atoms. The van der Waals surface area contributed by atoms with Gasteiger partial charge in [-0.15, -0.1) is 0 Å². The van der Waals surface area contributed by atoms with E-state index in [1.165, 1.54) is 5.56 Å². The van der Waals surface area contributed by atoms with Gasteiger partial charge >= 0.3 is 0 Å². The minimum absolute atomic E-state index is 0.346. The van der Waals surface area contributed by atoms with E-state index in [9.17, 15) is 0 Å². The van der Waals surface area contributed by atoms with Crippen LogP contribution in [0.15, 0.2) is 41.1 Å². The normalized spacial score (nSPS) is 12.3. The summed E-state index contributed by atoms with van der Waals surface area (Å²) >= 11 is 7.67. The molecule has 4 heteroatoms. The lowest BCUT2D eigenvalue weighted by molar-refractivity contribution is 0.263. The van der Waals surface area contributed by atoms with Crippen LogP contribution < -0.4 is 10.1 Å². The number of nitrogens with one attached hydrogen (secondary N) is 1. The number of halogens is 1. The maximum Gasteiger partial charge on any atom is 0.120 e. The van der Waals surface area contributed by atoms with Crippen LogP contribution in [0.25, 0.3) is 0 Å². The number of ether oxygens (including phenoxy) is 1. The fraction of sp³-hybridized carbons (Fsp3) is 0.333. The van der Waals surface area contributed by atoms with E-state index in [2.05, 4.69) is 22.1 Å². The van der Waals surface area contributed by atoms with E-state index < -0.39 is 0 Å². The Labute approximate surface area is 123 Å². The molecule has 2 aromatic rings. The molecule has 19 heavy (non-hydrogen) atoms. The molecule has 0 saturated heterocycles. The van der Waals surface area contributed by atoms with E-state index in [0.717, 1.165) is 18.6 Å². The highest BCUT2D eigenvalue weighted by Crippen LogP contribution is 2.17. The van der Waals surface area contributed by atoms with Gasteiger partial charge in [0.25, 0.3) is 0 Å². The van der Waals surface area contributed by atoms with Crippen molar-refractivity contribution >= 4 is 22.9 Å². The number of benzene rings is 1. The van der Waals surface area contributed by atoms with Gasteiger partial charge in [0.2, 0.25) is 0 Å². The highest BCUT2D eigenvalue weighted by molar-refractivity contribution is 7.07. The predicted octanol–water partition coefficient (Wildman–Crippen LogP) is 4.00. The molecule has 1 aromatic heterocycles. The first-order chi connectivity index (χ1) is 9.28. The Bertz CT molecular complexity index is 487. The molecule has 0 radical (unpaired) electrons. The van der Waals surface area contributed by atoms with E-state index >= 15 is 0 Å². The van der Waals surface area contributed by atoms with Crippen LogP contribution in [0.5, 0.6) is 5.75 Å². The maximum atomic E-state index is 5.93. The molecule has 0 aliphatic heterocycles. The summed E-state index contributed by atoms with van der Waals surface area (Å²) in [7, 11) is 1.97. The van der Waals surface area contributed by atoms with E-state index in [1.807, 2.05) is 31.3 Å². The fourth-order valence-electron chi connectivity index (χ4n) is 1.84. The molecule has 1 aromatic carbocycles. The van der Waals surface area contributed by atoms with Crippen molar-refractivity contribution < 1.29 is 4.74 Å². The Morgan fingerprint density at radius 2 is 2.26 bits per heavy atom. The van der Waals surface area contributed by atoms with Crippen molar-refractivity contribution in [3.8, 4) is 5.75 Å². The minimum Gasteiger partial charge on any atom is -0.492 e. The number of likely N-dealkylation sites (N-methyl/N-ethyl adjacent to an activating group) is 1. The number of hydrogen-bond acceptors (Lipinski definition) is 3. The van der Waals surface area contributed by atoms with Crippen LogP contribution in [0, 0.1) is 0 Å². The van der Waals surface area contributed by atoms with Gasteiger partial charge in [0.1, 0.15) is 12.4 Å². The molecule has 0 fully saturated rings. The molecule has 1 unspecified atom stereocenters. The maximum absolute atomic E-state index is 5.93. The fourth-order valence-corrected chi connectivity index (χ4v) is 2.72. The van der Waals surface area contributed by atoms with Gasteiger partial charge in [-0.05, 0) is 60.5 Å². The Balaban J connectivity index is 1.79. The molecular formula is C15H18ClNOS. The highest BCUT2D eigenvalue weighted by Gasteiger charge is 2.08. The number of thiophene rings is 1. The van der Waals surface area contributed by atoms with Crippen molar-refractivity contribution in [2.45, 2.75) is 18.9 Å². The Kier molecular flexibility index (Phi) is 5.70. The molecule has 0 aliphatic carbocycles. The third-order valence-corrected chi connectivity index (χ3v) is 3.98. The molecule has 1 heterocycles. The van der Waals surface area contributed by atoms with E-state index in [1.54, 1.807) is 11.3 Å². The second kappa shape index (κ2) is 7.53. The van der Waals surface area contributed by atoms with Gasteiger partial charge in [-0.1, -0.05) is 17.7 Å². The summed E-state index contributed by atoms with van der Waals surface area (Å²) in [6.07, 6.45) is 2.14. The molecule has 1 atom stereocenters. The molecule has 1 N–H and O–H groups in total. The zero-order valence-electron chi connectivity index (χ0n) is 10.9. The van der Waals surface area contributed by atoms with Crippen molar-refractivity contribution in [2.24, 2.45) is 0 Å². The monoisotopic (exact) mass is 295 g/mol. The molecular weight excluding hydrogens is 278 g/mol. The van der Waals surface area contributed by atoms with E-state index in [0.29, 0.717) is 17.7 Å². The van der Waals surface area contributed by atoms with Gasteiger partial charge in [-0.2, -0.15) is 11.3 Å². The number of hydrogen-bond donors (Lipinski definition) is 1. The molecule has 0 amide bonds. The van der Waals surface area contributed by atoms with Gasteiger partial charge in [0, 0.05) is 11.1 Å². The molecule has 0 aliphatic rings. The molecule has 2 rings (SSSR count). The smallest absolute Gasteiger partial charge is 0.120 e. The van der Waals surface area contributed by atoms with Crippen LogP contribution in [0.3, 0.4) is 0 Å². The average Bonchev–Trinajstić information content (AvgIpc) is 2.92. The largest absolute Gasteiger partial charge is 0.492 e. The van der Waals surface area contributed by atoms with Gasteiger partial charge in [-0.25, -0.2) is 0 Å². The average molecular weight is 296 g/mol. The summed E-state index contributed by atoms with van der Waals surface area (Å²) in [6.45, 7) is 0.654.